The molecule has 0 unspecified atom stereocenters. The first-order chi connectivity index (χ1) is 6.27. The Balaban J connectivity index is 2.96. The van der Waals surface area contributed by atoms with E-state index in [4.69, 9.17) is 10.6 Å². The van der Waals surface area contributed by atoms with Crippen molar-refractivity contribution < 1.29 is 4.74 Å². The van der Waals surface area contributed by atoms with Crippen LogP contribution in [0.2, 0.25) is 0 Å². The van der Waals surface area contributed by atoms with Crippen molar-refractivity contribution in [1.29, 1.82) is 0 Å². The van der Waals surface area contributed by atoms with Gasteiger partial charge in [0.2, 0.25) is 0 Å². The fourth-order valence-electron chi connectivity index (χ4n) is 1.09. The molecule has 3 nitrogen and oxygen atoms in total. The SMILES string of the molecule is CCOc1cc(C=NN)ccc1C. The van der Waals surface area contributed by atoms with Gasteiger partial charge in [-0.2, -0.15) is 5.10 Å². The Kier molecular flexibility index (Phi) is 3.31. The van der Waals surface area contributed by atoms with Gasteiger partial charge in [0.1, 0.15) is 5.75 Å². The highest BCUT2D eigenvalue weighted by Crippen LogP contribution is 2.18. The van der Waals surface area contributed by atoms with E-state index in [1.807, 2.05) is 32.0 Å². The van der Waals surface area contributed by atoms with Crippen LogP contribution >= 0.6 is 0 Å². The molecule has 70 valence electrons. The third kappa shape index (κ3) is 2.47. The number of rotatable bonds is 3. The Morgan fingerprint density at radius 2 is 2.31 bits per heavy atom. The molecule has 1 aromatic carbocycles. The Morgan fingerprint density at radius 3 is 2.92 bits per heavy atom. The molecule has 0 aliphatic heterocycles. The van der Waals surface area contributed by atoms with Crippen LogP contribution in [0.1, 0.15) is 18.1 Å². The molecule has 0 atom stereocenters. The molecule has 0 aromatic heterocycles. The molecule has 0 aliphatic carbocycles. The van der Waals surface area contributed by atoms with Crippen molar-refractivity contribution in [2.75, 3.05) is 6.61 Å². The molecule has 0 radical (unpaired) electrons. The quantitative estimate of drug-likeness (QED) is 0.435. The molecule has 0 fully saturated rings. The standard InChI is InChI=1S/C10H14N2O/c1-3-13-10-6-9(7-12-11)5-4-8(10)2/h4-7H,3,11H2,1-2H3. The average Bonchev–Trinajstić information content (AvgIpc) is 2.12. The number of nitrogens with two attached hydrogens (primary N) is 1. The molecule has 2 N–H and O–H groups in total. The van der Waals surface area contributed by atoms with Crippen molar-refractivity contribution in [3.63, 3.8) is 0 Å². The lowest BCUT2D eigenvalue weighted by Gasteiger charge is -2.06. The number of ether oxygens (including phenoxy) is 1. The van der Waals surface area contributed by atoms with Crippen LogP contribution in [-0.2, 0) is 0 Å². The van der Waals surface area contributed by atoms with Crippen LogP contribution in [0.4, 0.5) is 0 Å². The molecule has 1 aromatic rings. The molecule has 13 heavy (non-hydrogen) atoms. The third-order valence-corrected chi connectivity index (χ3v) is 1.74. The van der Waals surface area contributed by atoms with Gasteiger partial charge in [-0.05, 0) is 31.0 Å². The summed E-state index contributed by atoms with van der Waals surface area (Å²) in [6, 6.07) is 5.87. The monoisotopic (exact) mass is 178 g/mol. The van der Waals surface area contributed by atoms with Crippen molar-refractivity contribution in [1.82, 2.24) is 0 Å². The number of hydrogen-bond donors (Lipinski definition) is 1. The van der Waals surface area contributed by atoms with Gasteiger partial charge in [0.15, 0.2) is 0 Å². The molecule has 0 heterocycles. The van der Waals surface area contributed by atoms with E-state index in [9.17, 15) is 0 Å². The van der Waals surface area contributed by atoms with Crippen LogP contribution in [0, 0.1) is 6.92 Å². The van der Waals surface area contributed by atoms with E-state index in [-0.39, 0.29) is 0 Å². The summed E-state index contributed by atoms with van der Waals surface area (Å²) in [5.41, 5.74) is 2.08. The molecule has 3 heteroatoms. The zero-order valence-corrected chi connectivity index (χ0v) is 7.95. The van der Waals surface area contributed by atoms with E-state index in [0.29, 0.717) is 6.61 Å². The molecular weight excluding hydrogens is 164 g/mol. The fourth-order valence-corrected chi connectivity index (χ4v) is 1.09. The average molecular weight is 178 g/mol. The number of aryl methyl sites for hydroxylation is 1. The van der Waals surface area contributed by atoms with Gasteiger partial charge in [-0.15, -0.1) is 0 Å². The number of nitrogens with zero attached hydrogens (tertiary/aromatic N) is 1. The minimum Gasteiger partial charge on any atom is -0.494 e. The first-order valence-electron chi connectivity index (χ1n) is 4.24. The van der Waals surface area contributed by atoms with Gasteiger partial charge < -0.3 is 10.6 Å². The second-order valence-electron chi connectivity index (χ2n) is 2.74. The molecule has 0 saturated heterocycles. The van der Waals surface area contributed by atoms with Crippen LogP contribution in [0.15, 0.2) is 23.3 Å². The van der Waals surface area contributed by atoms with Gasteiger partial charge in [-0.25, -0.2) is 0 Å². The summed E-state index contributed by atoms with van der Waals surface area (Å²) >= 11 is 0. The smallest absolute Gasteiger partial charge is 0.122 e. The largest absolute Gasteiger partial charge is 0.494 e. The zero-order valence-electron chi connectivity index (χ0n) is 7.95. The highest BCUT2D eigenvalue weighted by atomic mass is 16.5. The van der Waals surface area contributed by atoms with Gasteiger partial charge in [0.05, 0.1) is 12.8 Å². The molecule has 0 amide bonds. The van der Waals surface area contributed by atoms with Crippen molar-refractivity contribution in [3.05, 3.63) is 29.3 Å². The first-order valence-corrected chi connectivity index (χ1v) is 4.24. The number of hydrazone groups is 1. The fraction of sp³-hybridized carbons (Fsp3) is 0.300. The van der Waals surface area contributed by atoms with E-state index in [1.54, 1.807) is 6.21 Å². The second kappa shape index (κ2) is 4.50. The molecule has 0 spiro atoms. The first kappa shape index (κ1) is 9.58. The Hall–Kier alpha value is -1.51. The van der Waals surface area contributed by atoms with Gasteiger partial charge in [0, 0.05) is 0 Å². The van der Waals surface area contributed by atoms with Crippen molar-refractivity contribution in [2.24, 2.45) is 10.9 Å². The third-order valence-electron chi connectivity index (χ3n) is 1.74. The topological polar surface area (TPSA) is 47.6 Å². The summed E-state index contributed by atoms with van der Waals surface area (Å²) in [5.74, 6) is 5.94. The van der Waals surface area contributed by atoms with Crippen molar-refractivity contribution in [3.8, 4) is 5.75 Å². The predicted molar refractivity (Wildman–Crippen MR) is 54.1 cm³/mol. The van der Waals surface area contributed by atoms with E-state index in [2.05, 4.69) is 5.10 Å². The molecule has 0 aliphatic rings. The minimum atomic E-state index is 0.671. The van der Waals surface area contributed by atoms with E-state index in [0.717, 1.165) is 16.9 Å². The normalized spacial score (nSPS) is 10.6. The minimum absolute atomic E-state index is 0.671. The molecule has 0 saturated carbocycles. The maximum absolute atomic E-state index is 5.42. The lowest BCUT2D eigenvalue weighted by Crippen LogP contribution is -1.95. The van der Waals surface area contributed by atoms with Crippen LogP contribution in [0.3, 0.4) is 0 Å². The summed E-state index contributed by atoms with van der Waals surface area (Å²) < 4.78 is 5.42. The lowest BCUT2D eigenvalue weighted by atomic mass is 10.1. The van der Waals surface area contributed by atoms with E-state index in [1.165, 1.54) is 0 Å². The summed E-state index contributed by atoms with van der Waals surface area (Å²) in [4.78, 5) is 0. The van der Waals surface area contributed by atoms with Crippen molar-refractivity contribution >= 4 is 6.21 Å². The van der Waals surface area contributed by atoms with Crippen LogP contribution in [0.5, 0.6) is 5.75 Å². The van der Waals surface area contributed by atoms with Gasteiger partial charge in [-0.3, -0.25) is 0 Å². The van der Waals surface area contributed by atoms with E-state index >= 15 is 0 Å². The van der Waals surface area contributed by atoms with Gasteiger partial charge >= 0.3 is 0 Å². The Bertz CT molecular complexity index is 308. The second-order valence-corrected chi connectivity index (χ2v) is 2.74. The number of benzene rings is 1. The van der Waals surface area contributed by atoms with Crippen LogP contribution in [-0.4, -0.2) is 12.8 Å². The van der Waals surface area contributed by atoms with Gasteiger partial charge in [-0.1, -0.05) is 12.1 Å². The maximum Gasteiger partial charge on any atom is 0.122 e. The number of hydrogen-bond acceptors (Lipinski definition) is 3. The van der Waals surface area contributed by atoms with E-state index < -0.39 is 0 Å². The molecule has 1 rings (SSSR count). The predicted octanol–water partition coefficient (Wildman–Crippen LogP) is 1.69. The van der Waals surface area contributed by atoms with Gasteiger partial charge in [0.25, 0.3) is 0 Å². The Morgan fingerprint density at radius 1 is 1.54 bits per heavy atom. The molecule has 0 bridgehead atoms. The summed E-state index contributed by atoms with van der Waals surface area (Å²) in [7, 11) is 0. The maximum atomic E-state index is 5.42. The Labute approximate surface area is 78.2 Å². The summed E-state index contributed by atoms with van der Waals surface area (Å²) in [6.45, 7) is 4.64. The lowest BCUT2D eigenvalue weighted by molar-refractivity contribution is 0.338. The summed E-state index contributed by atoms with van der Waals surface area (Å²) in [5, 5.41) is 3.46. The highest BCUT2D eigenvalue weighted by Gasteiger charge is 1.98. The summed E-state index contributed by atoms with van der Waals surface area (Å²) in [6.07, 6.45) is 1.60. The zero-order chi connectivity index (χ0) is 9.68. The van der Waals surface area contributed by atoms with Crippen molar-refractivity contribution in [2.45, 2.75) is 13.8 Å². The van der Waals surface area contributed by atoms with Crippen LogP contribution in [0.25, 0.3) is 0 Å². The molecular formula is C10H14N2O. The highest BCUT2D eigenvalue weighted by molar-refractivity contribution is 5.80. The van der Waals surface area contributed by atoms with Crippen LogP contribution < -0.4 is 10.6 Å².